The summed E-state index contributed by atoms with van der Waals surface area (Å²) in [5, 5.41) is 11.2. The minimum Gasteiger partial charge on any atom is -0.379 e. The molecule has 138 valence electrons. The maximum atomic E-state index is 5.57. The molecule has 2 N–H and O–H groups in total. The van der Waals surface area contributed by atoms with Gasteiger partial charge in [-0.1, -0.05) is 20.8 Å². The Morgan fingerprint density at radius 2 is 2.04 bits per heavy atom. The molecule has 6 heteroatoms. The summed E-state index contributed by atoms with van der Waals surface area (Å²) in [6.07, 6.45) is 1.10. The van der Waals surface area contributed by atoms with Crippen LogP contribution in [0.25, 0.3) is 0 Å². The first-order valence-corrected chi connectivity index (χ1v) is 8.84. The number of aryl methyl sites for hydroxylation is 3. The molecule has 1 atom stereocenters. The monoisotopic (exact) mass is 337 g/mol. The van der Waals surface area contributed by atoms with E-state index in [9.17, 15) is 0 Å². The first kappa shape index (κ1) is 20.5. The van der Waals surface area contributed by atoms with E-state index in [1.165, 1.54) is 5.69 Å². The van der Waals surface area contributed by atoms with Gasteiger partial charge >= 0.3 is 0 Å². The number of rotatable bonds is 8. The smallest absolute Gasteiger partial charge is 0.191 e. The van der Waals surface area contributed by atoms with Crippen molar-refractivity contribution in [1.82, 2.24) is 20.4 Å². The van der Waals surface area contributed by atoms with E-state index < -0.39 is 0 Å². The lowest BCUT2D eigenvalue weighted by atomic mass is 9.89. The van der Waals surface area contributed by atoms with Crippen LogP contribution in [-0.2, 0) is 11.3 Å². The normalized spacial score (nSPS) is 13.9. The molecule has 0 bridgehead atoms. The summed E-state index contributed by atoms with van der Waals surface area (Å²) in [6, 6.07) is 2.11. The number of nitrogens with zero attached hydrogens (tertiary/aromatic N) is 3. The second-order valence-electron chi connectivity index (χ2n) is 7.24. The summed E-state index contributed by atoms with van der Waals surface area (Å²) in [6.45, 7) is 16.0. The third kappa shape index (κ3) is 6.91. The van der Waals surface area contributed by atoms with E-state index in [2.05, 4.69) is 66.1 Å². The Labute approximate surface area is 147 Å². The highest BCUT2D eigenvalue weighted by Crippen LogP contribution is 2.21. The molecule has 1 rings (SSSR count). The summed E-state index contributed by atoms with van der Waals surface area (Å²) in [7, 11) is 1.75. The highest BCUT2D eigenvalue weighted by atomic mass is 16.5. The molecule has 24 heavy (non-hydrogen) atoms. The minimum atomic E-state index is 0.0745. The minimum absolute atomic E-state index is 0.0745. The highest BCUT2D eigenvalue weighted by Gasteiger charge is 2.24. The molecule has 1 heterocycles. The van der Waals surface area contributed by atoms with Gasteiger partial charge in [0.25, 0.3) is 0 Å². The fourth-order valence-corrected chi connectivity index (χ4v) is 2.55. The topological polar surface area (TPSA) is 63.5 Å². The Morgan fingerprint density at radius 1 is 1.33 bits per heavy atom. The summed E-state index contributed by atoms with van der Waals surface area (Å²) < 4.78 is 7.63. The van der Waals surface area contributed by atoms with Gasteiger partial charge in [0, 0.05) is 32.4 Å². The second kappa shape index (κ2) is 9.67. The number of methoxy groups -OCH3 is 1. The molecule has 0 fully saturated rings. The van der Waals surface area contributed by atoms with E-state index in [1.807, 2.05) is 6.92 Å². The molecule has 6 nitrogen and oxygen atoms in total. The van der Waals surface area contributed by atoms with Crippen LogP contribution in [0.1, 0.15) is 45.5 Å². The van der Waals surface area contributed by atoms with Gasteiger partial charge in [-0.05, 0) is 38.7 Å². The maximum Gasteiger partial charge on any atom is 0.191 e. The van der Waals surface area contributed by atoms with Gasteiger partial charge in [-0.15, -0.1) is 0 Å². The van der Waals surface area contributed by atoms with Crippen LogP contribution in [0.4, 0.5) is 0 Å². The van der Waals surface area contributed by atoms with Crippen LogP contribution in [0.3, 0.4) is 0 Å². The predicted molar refractivity (Wildman–Crippen MR) is 101 cm³/mol. The van der Waals surface area contributed by atoms with Crippen LogP contribution < -0.4 is 10.6 Å². The molecule has 0 aliphatic heterocycles. The summed E-state index contributed by atoms with van der Waals surface area (Å²) >= 11 is 0. The molecule has 0 aromatic carbocycles. The molecule has 1 aromatic heterocycles. The number of hydrogen-bond donors (Lipinski definition) is 2. The number of aromatic nitrogens is 2. The second-order valence-corrected chi connectivity index (χ2v) is 7.24. The summed E-state index contributed by atoms with van der Waals surface area (Å²) in [5.74, 6) is 0.845. The van der Waals surface area contributed by atoms with Crippen molar-refractivity contribution < 1.29 is 4.74 Å². The largest absolute Gasteiger partial charge is 0.379 e. The van der Waals surface area contributed by atoms with Crippen LogP contribution in [0.5, 0.6) is 0 Å². The zero-order chi connectivity index (χ0) is 18.2. The lowest BCUT2D eigenvalue weighted by Crippen LogP contribution is -2.40. The van der Waals surface area contributed by atoms with Gasteiger partial charge in [0.1, 0.15) is 0 Å². The van der Waals surface area contributed by atoms with E-state index in [-0.39, 0.29) is 11.5 Å². The molecule has 1 unspecified atom stereocenters. The van der Waals surface area contributed by atoms with Crippen molar-refractivity contribution in [2.75, 3.05) is 26.7 Å². The standard InChI is InChI=1S/C18H35N5O/c1-8-19-17(21-13-16(24-7)18(4,5)6)20-10-9-11-23-15(3)12-14(2)22-23/h12,16H,8-11,13H2,1-7H3,(H2,19,20,21). The van der Waals surface area contributed by atoms with Crippen molar-refractivity contribution in [1.29, 1.82) is 0 Å². The molecular formula is C18H35N5O. The van der Waals surface area contributed by atoms with Gasteiger partial charge in [-0.2, -0.15) is 5.10 Å². The third-order valence-electron chi connectivity index (χ3n) is 3.95. The average molecular weight is 338 g/mol. The first-order valence-electron chi connectivity index (χ1n) is 8.84. The Kier molecular flexibility index (Phi) is 8.25. The SMILES string of the molecule is CCNC(=NCC(OC)C(C)(C)C)NCCCn1nc(C)cc1C. The third-order valence-corrected chi connectivity index (χ3v) is 3.95. The van der Waals surface area contributed by atoms with Crippen molar-refractivity contribution in [3.8, 4) is 0 Å². The van der Waals surface area contributed by atoms with Gasteiger partial charge in [-0.25, -0.2) is 0 Å². The predicted octanol–water partition coefficient (Wildman–Crippen LogP) is 2.51. The first-order chi connectivity index (χ1) is 11.3. The average Bonchev–Trinajstić information content (AvgIpc) is 2.80. The van der Waals surface area contributed by atoms with Gasteiger partial charge < -0.3 is 15.4 Å². The van der Waals surface area contributed by atoms with Crippen LogP contribution in [0.2, 0.25) is 0 Å². The van der Waals surface area contributed by atoms with Crippen LogP contribution >= 0.6 is 0 Å². The van der Waals surface area contributed by atoms with Gasteiger partial charge in [0.15, 0.2) is 5.96 Å². The molecule has 0 saturated heterocycles. The van der Waals surface area contributed by atoms with Crippen LogP contribution in [-0.4, -0.2) is 48.6 Å². The van der Waals surface area contributed by atoms with Crippen molar-refractivity contribution in [2.45, 2.75) is 60.6 Å². The molecule has 0 aliphatic rings. The van der Waals surface area contributed by atoms with E-state index >= 15 is 0 Å². The van der Waals surface area contributed by atoms with E-state index in [4.69, 9.17) is 4.74 Å². The van der Waals surface area contributed by atoms with E-state index in [1.54, 1.807) is 7.11 Å². The zero-order valence-electron chi connectivity index (χ0n) is 16.4. The molecule has 0 spiro atoms. The maximum absolute atomic E-state index is 5.57. The molecule has 0 saturated carbocycles. The molecule has 0 radical (unpaired) electrons. The quantitative estimate of drug-likeness (QED) is 0.435. The molecular weight excluding hydrogens is 302 g/mol. The number of aliphatic imine (C=N–C) groups is 1. The van der Waals surface area contributed by atoms with Crippen molar-refractivity contribution >= 4 is 5.96 Å². The van der Waals surface area contributed by atoms with Gasteiger partial charge in [0.2, 0.25) is 0 Å². The lowest BCUT2D eigenvalue weighted by molar-refractivity contribution is 0.0241. The Balaban J connectivity index is 2.47. The van der Waals surface area contributed by atoms with E-state index in [0.29, 0.717) is 6.54 Å². The Bertz CT molecular complexity index is 516. The zero-order valence-corrected chi connectivity index (χ0v) is 16.4. The number of hydrogen-bond acceptors (Lipinski definition) is 3. The number of guanidine groups is 1. The highest BCUT2D eigenvalue weighted by molar-refractivity contribution is 5.79. The number of ether oxygens (including phenoxy) is 1. The van der Waals surface area contributed by atoms with Gasteiger partial charge in [-0.3, -0.25) is 9.67 Å². The number of nitrogens with one attached hydrogen (secondary N) is 2. The van der Waals surface area contributed by atoms with Crippen molar-refractivity contribution in [2.24, 2.45) is 10.4 Å². The van der Waals surface area contributed by atoms with Gasteiger partial charge in [0.05, 0.1) is 18.3 Å². The van der Waals surface area contributed by atoms with Crippen molar-refractivity contribution in [3.05, 3.63) is 17.5 Å². The van der Waals surface area contributed by atoms with Crippen molar-refractivity contribution in [3.63, 3.8) is 0 Å². The van der Waals surface area contributed by atoms with Crippen LogP contribution in [0.15, 0.2) is 11.1 Å². The lowest BCUT2D eigenvalue weighted by Gasteiger charge is -2.28. The summed E-state index contributed by atoms with van der Waals surface area (Å²) in [4.78, 5) is 4.66. The molecule has 0 aliphatic carbocycles. The van der Waals surface area contributed by atoms with E-state index in [0.717, 1.165) is 37.7 Å². The van der Waals surface area contributed by atoms with Crippen LogP contribution in [0, 0.1) is 19.3 Å². The Hall–Kier alpha value is -1.56. The molecule has 0 amide bonds. The Morgan fingerprint density at radius 3 is 2.54 bits per heavy atom. The molecule has 1 aromatic rings. The fourth-order valence-electron chi connectivity index (χ4n) is 2.55. The summed E-state index contributed by atoms with van der Waals surface area (Å²) in [5.41, 5.74) is 2.36. The fraction of sp³-hybridized carbons (Fsp3) is 0.778.